The SMILES string of the molecule is CCCCOc1ccc(C(=O)N=C2C=CC3C(=C2)NC(=O)C=C3C(C)C)cc1. The van der Waals surface area contributed by atoms with Gasteiger partial charge in [0.25, 0.3) is 5.91 Å². The highest BCUT2D eigenvalue weighted by Crippen LogP contribution is 2.31. The second kappa shape index (κ2) is 8.83. The Hall–Kier alpha value is -2.95. The van der Waals surface area contributed by atoms with Crippen LogP contribution in [0.3, 0.4) is 0 Å². The van der Waals surface area contributed by atoms with Gasteiger partial charge in [-0.05, 0) is 54.3 Å². The van der Waals surface area contributed by atoms with E-state index in [-0.39, 0.29) is 23.7 Å². The van der Waals surface area contributed by atoms with Gasteiger partial charge in [0.1, 0.15) is 5.75 Å². The Balaban J connectivity index is 1.72. The van der Waals surface area contributed by atoms with E-state index in [2.05, 4.69) is 31.1 Å². The minimum Gasteiger partial charge on any atom is -0.494 e. The third kappa shape index (κ3) is 4.66. The molecule has 1 aliphatic heterocycles. The molecule has 1 aliphatic carbocycles. The first-order chi connectivity index (χ1) is 13.5. The second-order valence-electron chi connectivity index (χ2n) is 7.29. The second-order valence-corrected chi connectivity index (χ2v) is 7.29. The highest BCUT2D eigenvalue weighted by Gasteiger charge is 2.27. The van der Waals surface area contributed by atoms with Crippen LogP contribution in [0.15, 0.2) is 64.8 Å². The zero-order valence-corrected chi connectivity index (χ0v) is 16.6. The molecule has 0 bridgehead atoms. The average Bonchev–Trinajstić information content (AvgIpc) is 2.67. The zero-order chi connectivity index (χ0) is 20.1. The summed E-state index contributed by atoms with van der Waals surface area (Å²) in [5.41, 5.74) is 2.87. The van der Waals surface area contributed by atoms with Crippen molar-refractivity contribution in [2.24, 2.45) is 16.8 Å². The first-order valence-corrected chi connectivity index (χ1v) is 9.76. The van der Waals surface area contributed by atoms with Crippen LogP contribution >= 0.6 is 0 Å². The summed E-state index contributed by atoms with van der Waals surface area (Å²) in [6.07, 6.45) is 9.33. The van der Waals surface area contributed by atoms with Crippen molar-refractivity contribution in [3.05, 3.63) is 65.4 Å². The number of amides is 2. The van der Waals surface area contributed by atoms with Crippen LogP contribution in [-0.4, -0.2) is 24.1 Å². The first kappa shape index (κ1) is 19.8. The molecule has 1 atom stereocenters. The van der Waals surface area contributed by atoms with Crippen LogP contribution in [0.25, 0.3) is 0 Å². The van der Waals surface area contributed by atoms with Gasteiger partial charge in [0.2, 0.25) is 5.91 Å². The number of carbonyl (C=O) groups excluding carboxylic acids is 2. The van der Waals surface area contributed by atoms with Gasteiger partial charge in [-0.15, -0.1) is 0 Å². The summed E-state index contributed by atoms with van der Waals surface area (Å²) in [5, 5.41) is 2.86. The van der Waals surface area contributed by atoms with Gasteiger partial charge in [-0.2, -0.15) is 0 Å². The van der Waals surface area contributed by atoms with Crippen LogP contribution in [-0.2, 0) is 4.79 Å². The highest BCUT2D eigenvalue weighted by molar-refractivity contribution is 6.14. The van der Waals surface area contributed by atoms with Gasteiger partial charge in [-0.25, -0.2) is 4.99 Å². The Bertz CT molecular complexity index is 874. The molecular formula is C23H26N2O3. The molecule has 1 aromatic carbocycles. The van der Waals surface area contributed by atoms with E-state index in [1.165, 1.54) is 0 Å². The van der Waals surface area contributed by atoms with Crippen molar-refractivity contribution in [3.63, 3.8) is 0 Å². The number of hydrogen-bond acceptors (Lipinski definition) is 3. The maximum Gasteiger partial charge on any atom is 0.277 e. The summed E-state index contributed by atoms with van der Waals surface area (Å²) in [6, 6.07) is 7.01. The smallest absolute Gasteiger partial charge is 0.277 e. The quantitative estimate of drug-likeness (QED) is 0.753. The Morgan fingerprint density at radius 2 is 1.96 bits per heavy atom. The largest absolute Gasteiger partial charge is 0.494 e. The summed E-state index contributed by atoms with van der Waals surface area (Å²) in [4.78, 5) is 28.6. The molecule has 0 saturated heterocycles. The number of ether oxygens (including phenoxy) is 1. The topological polar surface area (TPSA) is 67.8 Å². The van der Waals surface area contributed by atoms with E-state index >= 15 is 0 Å². The lowest BCUT2D eigenvalue weighted by atomic mass is 9.82. The van der Waals surface area contributed by atoms with Crippen molar-refractivity contribution in [1.82, 2.24) is 5.32 Å². The molecule has 5 heteroatoms. The third-order valence-electron chi connectivity index (χ3n) is 4.79. The molecule has 0 aromatic heterocycles. The molecule has 0 fully saturated rings. The van der Waals surface area contributed by atoms with Gasteiger partial charge in [-0.1, -0.05) is 33.3 Å². The van der Waals surface area contributed by atoms with Crippen molar-refractivity contribution in [2.45, 2.75) is 33.6 Å². The predicted molar refractivity (Wildman–Crippen MR) is 110 cm³/mol. The van der Waals surface area contributed by atoms with E-state index in [4.69, 9.17) is 4.74 Å². The van der Waals surface area contributed by atoms with Crippen LogP contribution in [0.5, 0.6) is 5.75 Å². The van der Waals surface area contributed by atoms with Gasteiger partial charge in [-0.3, -0.25) is 9.59 Å². The zero-order valence-electron chi connectivity index (χ0n) is 16.6. The van der Waals surface area contributed by atoms with Crippen LogP contribution in [0.4, 0.5) is 0 Å². The van der Waals surface area contributed by atoms with Crippen molar-refractivity contribution in [2.75, 3.05) is 6.61 Å². The fraction of sp³-hybridized carbons (Fsp3) is 0.348. The fourth-order valence-electron chi connectivity index (χ4n) is 3.22. The van der Waals surface area contributed by atoms with Crippen LogP contribution in [0.2, 0.25) is 0 Å². The Morgan fingerprint density at radius 1 is 1.21 bits per heavy atom. The number of aliphatic imine (C=N–C) groups is 1. The van der Waals surface area contributed by atoms with Gasteiger partial charge < -0.3 is 10.1 Å². The lowest BCUT2D eigenvalue weighted by Crippen LogP contribution is -2.34. The van der Waals surface area contributed by atoms with Gasteiger partial charge in [0.05, 0.1) is 12.3 Å². The van der Waals surface area contributed by atoms with E-state index in [0.29, 0.717) is 17.9 Å². The van der Waals surface area contributed by atoms with Crippen molar-refractivity contribution in [3.8, 4) is 5.75 Å². The minimum absolute atomic E-state index is 0.0336. The normalized spacial score (nSPS) is 19.8. The van der Waals surface area contributed by atoms with Gasteiger partial charge in [0.15, 0.2) is 0 Å². The lowest BCUT2D eigenvalue weighted by molar-refractivity contribution is -0.116. The van der Waals surface area contributed by atoms with Crippen LogP contribution in [0.1, 0.15) is 44.0 Å². The summed E-state index contributed by atoms with van der Waals surface area (Å²) >= 11 is 0. The standard InChI is InChI=1S/C23H26N2O3/c1-4-5-12-28-18-9-6-16(7-10-18)23(27)24-17-8-11-19-20(15(2)3)14-22(26)25-21(19)13-17/h6-11,13-15,19H,4-5,12H2,1-3H3,(H,25,26). The number of hydrogen-bond donors (Lipinski definition) is 1. The van der Waals surface area contributed by atoms with E-state index in [1.807, 2.05) is 12.2 Å². The highest BCUT2D eigenvalue weighted by atomic mass is 16.5. The molecule has 1 aromatic rings. The number of rotatable bonds is 6. The van der Waals surface area contributed by atoms with E-state index in [0.717, 1.165) is 29.9 Å². The van der Waals surface area contributed by atoms with Crippen molar-refractivity contribution in [1.29, 1.82) is 0 Å². The summed E-state index contributed by atoms with van der Waals surface area (Å²) in [7, 11) is 0. The predicted octanol–water partition coefficient (Wildman–Crippen LogP) is 4.23. The van der Waals surface area contributed by atoms with E-state index in [9.17, 15) is 9.59 Å². The monoisotopic (exact) mass is 378 g/mol. The molecule has 2 amide bonds. The number of nitrogens with one attached hydrogen (secondary N) is 1. The number of allylic oxidation sites excluding steroid dienone is 3. The maximum atomic E-state index is 12.5. The summed E-state index contributed by atoms with van der Waals surface area (Å²) < 4.78 is 5.62. The minimum atomic E-state index is -0.322. The Morgan fingerprint density at radius 3 is 2.64 bits per heavy atom. The van der Waals surface area contributed by atoms with Crippen molar-refractivity contribution < 1.29 is 14.3 Å². The molecule has 3 rings (SSSR count). The molecule has 5 nitrogen and oxygen atoms in total. The van der Waals surface area contributed by atoms with Crippen molar-refractivity contribution >= 4 is 17.5 Å². The number of unbranched alkanes of at least 4 members (excludes halogenated alkanes) is 1. The Kier molecular flexibility index (Phi) is 6.24. The average molecular weight is 378 g/mol. The first-order valence-electron chi connectivity index (χ1n) is 9.76. The van der Waals surface area contributed by atoms with Gasteiger partial charge >= 0.3 is 0 Å². The van der Waals surface area contributed by atoms with Crippen LogP contribution < -0.4 is 10.1 Å². The molecule has 146 valence electrons. The van der Waals surface area contributed by atoms with Gasteiger partial charge in [0, 0.05) is 23.3 Å². The maximum absolute atomic E-state index is 12.5. The molecule has 0 saturated carbocycles. The lowest BCUT2D eigenvalue weighted by Gasteiger charge is -2.29. The molecule has 28 heavy (non-hydrogen) atoms. The molecule has 0 radical (unpaired) electrons. The molecule has 1 unspecified atom stereocenters. The molecule has 2 aliphatic rings. The summed E-state index contributed by atoms with van der Waals surface area (Å²) in [6.45, 7) is 6.92. The third-order valence-corrected chi connectivity index (χ3v) is 4.79. The molecular weight excluding hydrogens is 352 g/mol. The number of carbonyl (C=O) groups is 2. The Labute approximate surface area is 165 Å². The number of fused-ring (bicyclic) bond motifs is 1. The molecule has 1 N–H and O–H groups in total. The van der Waals surface area contributed by atoms with E-state index in [1.54, 1.807) is 36.4 Å². The molecule has 1 heterocycles. The molecule has 0 spiro atoms. The fourth-order valence-corrected chi connectivity index (χ4v) is 3.22. The number of benzene rings is 1. The van der Waals surface area contributed by atoms with Crippen LogP contribution in [0, 0.1) is 11.8 Å². The number of nitrogens with zero attached hydrogens (tertiary/aromatic N) is 1. The van der Waals surface area contributed by atoms with E-state index < -0.39 is 0 Å². The summed E-state index contributed by atoms with van der Waals surface area (Å²) in [5.74, 6) is 0.592.